The van der Waals surface area contributed by atoms with Crippen LogP contribution in [-0.2, 0) is 17.6 Å². The van der Waals surface area contributed by atoms with Crippen molar-refractivity contribution in [1.29, 1.82) is 5.26 Å². The van der Waals surface area contributed by atoms with Crippen molar-refractivity contribution in [2.24, 2.45) is 5.92 Å². The first-order valence-corrected chi connectivity index (χ1v) is 5.86. The van der Waals surface area contributed by atoms with E-state index in [-0.39, 0.29) is 5.92 Å². The van der Waals surface area contributed by atoms with Crippen molar-refractivity contribution in [3.63, 3.8) is 0 Å². The molecule has 2 aromatic rings. The fraction of sp³-hybridized carbons (Fsp3) is 0.286. The molecule has 0 saturated carbocycles. The maximum absolute atomic E-state index is 11.0. The molecule has 3 rings (SSSR count). The maximum Gasteiger partial charge on any atom is 0.306 e. The van der Waals surface area contributed by atoms with Crippen LogP contribution in [0.2, 0.25) is 0 Å². The molecule has 4 heteroatoms. The van der Waals surface area contributed by atoms with Crippen molar-refractivity contribution in [2.75, 3.05) is 0 Å². The number of hydrogen-bond acceptors (Lipinski definition) is 3. The number of hydrogen-bond donors (Lipinski definition) is 1. The van der Waals surface area contributed by atoms with Crippen molar-refractivity contribution in [3.05, 3.63) is 35.1 Å². The van der Waals surface area contributed by atoms with Crippen LogP contribution < -0.4 is 0 Å². The fourth-order valence-corrected chi connectivity index (χ4v) is 2.56. The van der Waals surface area contributed by atoms with Crippen LogP contribution in [0.3, 0.4) is 0 Å². The Bertz CT molecular complexity index is 678. The first-order chi connectivity index (χ1) is 8.69. The number of carboxylic acid groups (broad SMARTS) is 1. The summed E-state index contributed by atoms with van der Waals surface area (Å²) in [6.45, 7) is 0. The second kappa shape index (κ2) is 3.88. The van der Waals surface area contributed by atoms with Gasteiger partial charge < -0.3 is 9.52 Å². The summed E-state index contributed by atoms with van der Waals surface area (Å²) in [7, 11) is 0. The number of rotatable bonds is 1. The van der Waals surface area contributed by atoms with Gasteiger partial charge >= 0.3 is 5.97 Å². The Morgan fingerprint density at radius 3 is 3.06 bits per heavy atom. The quantitative estimate of drug-likeness (QED) is 0.832. The SMILES string of the molecule is N#Cc1ccc2oc3c(c2c1)CCC(C(=O)O)C3. The van der Waals surface area contributed by atoms with Crippen LogP contribution in [0.5, 0.6) is 0 Å². The van der Waals surface area contributed by atoms with Gasteiger partial charge in [-0.25, -0.2) is 0 Å². The number of carboxylic acids is 1. The molecule has 0 spiro atoms. The van der Waals surface area contributed by atoms with Crippen LogP contribution in [0.25, 0.3) is 11.0 Å². The van der Waals surface area contributed by atoms with E-state index in [1.54, 1.807) is 12.1 Å². The van der Waals surface area contributed by atoms with Gasteiger partial charge in [-0.2, -0.15) is 5.26 Å². The highest BCUT2D eigenvalue weighted by atomic mass is 16.4. The molecular weight excluding hydrogens is 230 g/mol. The zero-order valence-electron chi connectivity index (χ0n) is 9.64. The van der Waals surface area contributed by atoms with Crippen LogP contribution in [-0.4, -0.2) is 11.1 Å². The molecule has 1 unspecified atom stereocenters. The van der Waals surface area contributed by atoms with E-state index in [0.29, 0.717) is 24.8 Å². The van der Waals surface area contributed by atoms with Gasteiger partial charge in [-0.3, -0.25) is 4.79 Å². The Kier molecular flexibility index (Phi) is 2.34. The predicted octanol–water partition coefficient (Wildman–Crippen LogP) is 2.49. The van der Waals surface area contributed by atoms with Crippen molar-refractivity contribution < 1.29 is 14.3 Å². The fourth-order valence-electron chi connectivity index (χ4n) is 2.56. The van der Waals surface area contributed by atoms with Gasteiger partial charge in [0.1, 0.15) is 11.3 Å². The number of aliphatic carboxylic acids is 1. The molecule has 4 nitrogen and oxygen atoms in total. The number of carbonyl (C=O) groups is 1. The highest BCUT2D eigenvalue weighted by Crippen LogP contribution is 2.34. The average Bonchev–Trinajstić information content (AvgIpc) is 2.75. The molecule has 1 aromatic heterocycles. The summed E-state index contributed by atoms with van der Waals surface area (Å²) in [6, 6.07) is 7.42. The van der Waals surface area contributed by atoms with Gasteiger partial charge in [0.2, 0.25) is 0 Å². The molecule has 1 aromatic carbocycles. The van der Waals surface area contributed by atoms with Crippen molar-refractivity contribution in [3.8, 4) is 6.07 Å². The summed E-state index contributed by atoms with van der Waals surface area (Å²) >= 11 is 0. The minimum atomic E-state index is -0.765. The second-order valence-electron chi connectivity index (χ2n) is 4.60. The van der Waals surface area contributed by atoms with E-state index in [4.69, 9.17) is 14.8 Å². The third-order valence-electron chi connectivity index (χ3n) is 3.53. The first-order valence-electron chi connectivity index (χ1n) is 5.86. The Labute approximate surface area is 103 Å². The highest BCUT2D eigenvalue weighted by molar-refractivity contribution is 5.84. The molecule has 1 atom stereocenters. The normalized spacial score (nSPS) is 18.3. The number of nitrogens with zero attached hydrogens (tertiary/aromatic N) is 1. The minimum absolute atomic E-state index is 0.353. The smallest absolute Gasteiger partial charge is 0.306 e. The van der Waals surface area contributed by atoms with Gasteiger partial charge in [-0.05, 0) is 31.0 Å². The Hall–Kier alpha value is -2.28. The molecule has 0 amide bonds. The standard InChI is InChI=1S/C14H11NO3/c15-7-8-1-4-12-11(5-8)10-3-2-9(14(16)17)6-13(10)18-12/h1,4-5,9H,2-3,6H2,(H,16,17). The molecule has 0 radical (unpaired) electrons. The second-order valence-corrected chi connectivity index (χ2v) is 4.60. The lowest BCUT2D eigenvalue weighted by Gasteiger charge is -2.16. The summed E-state index contributed by atoms with van der Waals surface area (Å²) in [6.07, 6.45) is 1.78. The summed E-state index contributed by atoms with van der Waals surface area (Å²) in [5, 5.41) is 18.9. The van der Waals surface area contributed by atoms with E-state index >= 15 is 0 Å². The summed E-state index contributed by atoms with van der Waals surface area (Å²) < 4.78 is 5.70. The topological polar surface area (TPSA) is 74.2 Å². The Balaban J connectivity index is 2.11. The highest BCUT2D eigenvalue weighted by Gasteiger charge is 2.28. The molecule has 0 aliphatic heterocycles. The lowest BCUT2D eigenvalue weighted by atomic mass is 9.87. The molecule has 1 aliphatic carbocycles. The Morgan fingerprint density at radius 1 is 1.50 bits per heavy atom. The van der Waals surface area contributed by atoms with Crippen molar-refractivity contribution in [1.82, 2.24) is 0 Å². The molecule has 0 bridgehead atoms. The maximum atomic E-state index is 11.0. The minimum Gasteiger partial charge on any atom is -0.481 e. The number of benzene rings is 1. The molecule has 18 heavy (non-hydrogen) atoms. The van der Waals surface area contributed by atoms with E-state index in [1.807, 2.05) is 6.07 Å². The lowest BCUT2D eigenvalue weighted by Crippen LogP contribution is -2.21. The van der Waals surface area contributed by atoms with E-state index in [9.17, 15) is 4.79 Å². The van der Waals surface area contributed by atoms with Gasteiger partial charge in [0.25, 0.3) is 0 Å². The molecule has 0 fully saturated rings. The lowest BCUT2D eigenvalue weighted by molar-refractivity contribution is -0.142. The third kappa shape index (κ3) is 1.56. The number of aryl methyl sites for hydroxylation is 1. The van der Waals surface area contributed by atoms with E-state index < -0.39 is 5.97 Å². The van der Waals surface area contributed by atoms with Crippen LogP contribution >= 0.6 is 0 Å². The van der Waals surface area contributed by atoms with Gasteiger partial charge in [0, 0.05) is 17.4 Å². The van der Waals surface area contributed by atoms with Gasteiger partial charge in [-0.1, -0.05) is 0 Å². The molecule has 1 heterocycles. The van der Waals surface area contributed by atoms with Gasteiger partial charge in [0.15, 0.2) is 0 Å². The van der Waals surface area contributed by atoms with E-state index in [1.165, 1.54) is 0 Å². The Morgan fingerprint density at radius 2 is 2.33 bits per heavy atom. The van der Waals surface area contributed by atoms with Crippen LogP contribution in [0, 0.1) is 17.2 Å². The number of furan rings is 1. The van der Waals surface area contributed by atoms with Gasteiger partial charge in [-0.15, -0.1) is 0 Å². The third-order valence-corrected chi connectivity index (χ3v) is 3.53. The molecule has 1 N–H and O–H groups in total. The number of fused-ring (bicyclic) bond motifs is 3. The predicted molar refractivity (Wildman–Crippen MR) is 64.1 cm³/mol. The average molecular weight is 241 g/mol. The summed E-state index contributed by atoms with van der Waals surface area (Å²) in [5.74, 6) is -0.356. The van der Waals surface area contributed by atoms with Crippen LogP contribution in [0.4, 0.5) is 0 Å². The van der Waals surface area contributed by atoms with E-state index in [0.717, 1.165) is 22.3 Å². The van der Waals surface area contributed by atoms with Crippen LogP contribution in [0.15, 0.2) is 22.6 Å². The molecule has 1 aliphatic rings. The molecule has 0 saturated heterocycles. The molecular formula is C14H11NO3. The van der Waals surface area contributed by atoms with Crippen molar-refractivity contribution >= 4 is 16.9 Å². The largest absolute Gasteiger partial charge is 0.481 e. The zero-order chi connectivity index (χ0) is 12.7. The van der Waals surface area contributed by atoms with Crippen molar-refractivity contribution in [2.45, 2.75) is 19.3 Å². The first kappa shape index (κ1) is 10.8. The summed E-state index contributed by atoms with van der Waals surface area (Å²) in [5.41, 5.74) is 2.41. The monoisotopic (exact) mass is 241 g/mol. The zero-order valence-corrected chi connectivity index (χ0v) is 9.64. The molecule has 90 valence electrons. The van der Waals surface area contributed by atoms with E-state index in [2.05, 4.69) is 6.07 Å². The van der Waals surface area contributed by atoms with Gasteiger partial charge in [0.05, 0.1) is 17.6 Å². The number of nitriles is 1. The van der Waals surface area contributed by atoms with Crippen LogP contribution in [0.1, 0.15) is 23.3 Å². The summed E-state index contributed by atoms with van der Waals surface area (Å²) in [4.78, 5) is 11.0.